The maximum atomic E-state index is 11.2. The molecule has 0 aliphatic carbocycles. The molecule has 5 nitrogen and oxygen atoms in total. The summed E-state index contributed by atoms with van der Waals surface area (Å²) in [4.78, 5) is 27.6. The molecular formula is C8H14N2O3. The van der Waals surface area contributed by atoms with Gasteiger partial charge in [0.25, 0.3) is 11.8 Å². The number of imide groups is 1. The number of nitrogens with two attached hydrogens (primary N) is 1. The second-order valence-electron chi connectivity index (χ2n) is 4.04. The lowest BCUT2D eigenvalue weighted by Gasteiger charge is -2.24. The number of hydrogen-bond acceptors (Lipinski definition) is 4. The van der Waals surface area contributed by atoms with Crippen LogP contribution in [0.3, 0.4) is 0 Å². The Kier molecular flexibility index (Phi) is 2.40. The van der Waals surface area contributed by atoms with Crippen molar-refractivity contribution in [2.45, 2.75) is 38.8 Å². The molecule has 1 fully saturated rings. The van der Waals surface area contributed by atoms with Crippen LogP contribution in [0.15, 0.2) is 0 Å². The van der Waals surface area contributed by atoms with Gasteiger partial charge in [-0.15, -0.1) is 0 Å². The molecule has 74 valence electrons. The molecule has 1 rings (SSSR count). The Balaban J connectivity index is 2.70. The summed E-state index contributed by atoms with van der Waals surface area (Å²) in [5.41, 5.74) is 4.83. The predicted octanol–water partition coefficient (Wildman–Crippen LogP) is -0.197. The van der Waals surface area contributed by atoms with Gasteiger partial charge in [-0.2, -0.15) is 5.06 Å². The predicted molar refractivity (Wildman–Crippen MR) is 45.3 cm³/mol. The van der Waals surface area contributed by atoms with E-state index in [4.69, 9.17) is 10.6 Å². The average molecular weight is 186 g/mol. The van der Waals surface area contributed by atoms with Gasteiger partial charge in [0.05, 0.1) is 18.1 Å². The molecule has 0 spiro atoms. The summed E-state index contributed by atoms with van der Waals surface area (Å²) in [6.07, 6.45) is 0.0366. The summed E-state index contributed by atoms with van der Waals surface area (Å²) >= 11 is 0. The first kappa shape index (κ1) is 10.1. The molecule has 0 bridgehead atoms. The molecule has 0 saturated carbocycles. The molecule has 0 aromatic rings. The fourth-order valence-corrected chi connectivity index (χ4v) is 1.00. The molecule has 0 aromatic carbocycles. The Bertz CT molecular complexity index is 244. The third kappa shape index (κ3) is 2.26. The van der Waals surface area contributed by atoms with Crippen molar-refractivity contribution in [1.82, 2.24) is 5.06 Å². The van der Waals surface area contributed by atoms with Crippen molar-refractivity contribution in [2.24, 2.45) is 5.73 Å². The van der Waals surface area contributed by atoms with Crippen LogP contribution in [0, 0.1) is 0 Å². The van der Waals surface area contributed by atoms with Crippen molar-refractivity contribution < 1.29 is 14.4 Å². The molecule has 1 atom stereocenters. The van der Waals surface area contributed by atoms with Crippen LogP contribution in [0.4, 0.5) is 0 Å². The van der Waals surface area contributed by atoms with E-state index in [2.05, 4.69) is 0 Å². The first-order valence-corrected chi connectivity index (χ1v) is 4.13. The number of rotatable bonds is 1. The highest BCUT2D eigenvalue weighted by Gasteiger charge is 2.39. The van der Waals surface area contributed by atoms with Crippen LogP contribution in [0.5, 0.6) is 0 Å². The summed E-state index contributed by atoms with van der Waals surface area (Å²) in [6.45, 7) is 5.28. The Hall–Kier alpha value is -0.940. The van der Waals surface area contributed by atoms with Crippen molar-refractivity contribution in [2.75, 3.05) is 0 Å². The molecule has 1 aliphatic rings. The summed E-state index contributed by atoms with van der Waals surface area (Å²) in [5, 5.41) is 0.769. The Morgan fingerprint density at radius 1 is 1.46 bits per heavy atom. The van der Waals surface area contributed by atoms with E-state index in [1.807, 2.05) is 0 Å². The van der Waals surface area contributed by atoms with E-state index in [1.54, 1.807) is 20.8 Å². The fraction of sp³-hybridized carbons (Fsp3) is 0.750. The number of amides is 2. The third-order valence-corrected chi connectivity index (χ3v) is 1.50. The minimum absolute atomic E-state index is 0.0366. The maximum absolute atomic E-state index is 11.2. The van der Waals surface area contributed by atoms with Crippen LogP contribution in [0.2, 0.25) is 0 Å². The number of carbonyl (C=O) groups excluding carboxylic acids is 2. The van der Waals surface area contributed by atoms with E-state index in [0.29, 0.717) is 0 Å². The van der Waals surface area contributed by atoms with E-state index in [0.717, 1.165) is 5.06 Å². The zero-order valence-corrected chi connectivity index (χ0v) is 8.03. The van der Waals surface area contributed by atoms with E-state index in [9.17, 15) is 9.59 Å². The Morgan fingerprint density at radius 3 is 2.31 bits per heavy atom. The molecule has 5 heteroatoms. The maximum Gasteiger partial charge on any atom is 0.270 e. The van der Waals surface area contributed by atoms with Gasteiger partial charge in [0.15, 0.2) is 0 Å². The highest BCUT2D eigenvalue weighted by molar-refractivity contribution is 6.04. The van der Waals surface area contributed by atoms with Crippen molar-refractivity contribution in [3.8, 4) is 0 Å². The molecular weight excluding hydrogens is 172 g/mol. The van der Waals surface area contributed by atoms with E-state index < -0.39 is 17.6 Å². The van der Waals surface area contributed by atoms with Crippen LogP contribution >= 0.6 is 0 Å². The summed E-state index contributed by atoms with van der Waals surface area (Å²) < 4.78 is 0. The van der Waals surface area contributed by atoms with Gasteiger partial charge in [-0.05, 0) is 20.8 Å². The molecule has 2 amide bonds. The van der Waals surface area contributed by atoms with Gasteiger partial charge in [-0.25, -0.2) is 0 Å². The van der Waals surface area contributed by atoms with Crippen LogP contribution < -0.4 is 5.73 Å². The molecule has 1 heterocycles. The molecule has 2 N–H and O–H groups in total. The molecule has 0 aromatic heterocycles. The lowest BCUT2D eigenvalue weighted by molar-refractivity contribution is -0.219. The van der Waals surface area contributed by atoms with Crippen LogP contribution in [-0.4, -0.2) is 28.5 Å². The summed E-state index contributed by atoms with van der Waals surface area (Å²) in [6, 6.07) is -0.741. The Labute approximate surface area is 76.8 Å². The van der Waals surface area contributed by atoms with Gasteiger partial charge in [-0.1, -0.05) is 0 Å². The summed E-state index contributed by atoms with van der Waals surface area (Å²) in [5.74, 6) is -0.827. The van der Waals surface area contributed by atoms with Crippen LogP contribution in [-0.2, 0) is 14.4 Å². The SMILES string of the molecule is CC(C)(C)ON1C(=O)C[C@H](N)C1=O. The second kappa shape index (κ2) is 3.08. The first-order valence-electron chi connectivity index (χ1n) is 4.13. The lowest BCUT2D eigenvalue weighted by Crippen LogP contribution is -2.40. The molecule has 13 heavy (non-hydrogen) atoms. The third-order valence-electron chi connectivity index (χ3n) is 1.50. The van der Waals surface area contributed by atoms with E-state index in [-0.39, 0.29) is 12.3 Å². The highest BCUT2D eigenvalue weighted by atomic mass is 16.7. The minimum Gasteiger partial charge on any atom is -0.319 e. The number of hydroxylamine groups is 2. The van der Waals surface area contributed by atoms with Crippen LogP contribution in [0.25, 0.3) is 0 Å². The molecule has 0 radical (unpaired) electrons. The van der Waals surface area contributed by atoms with Gasteiger partial charge in [-0.3, -0.25) is 14.4 Å². The summed E-state index contributed by atoms with van der Waals surface area (Å²) in [7, 11) is 0. The van der Waals surface area contributed by atoms with Gasteiger partial charge in [0.2, 0.25) is 0 Å². The van der Waals surface area contributed by atoms with E-state index in [1.165, 1.54) is 0 Å². The number of nitrogens with zero attached hydrogens (tertiary/aromatic N) is 1. The zero-order valence-electron chi connectivity index (χ0n) is 8.03. The number of hydrogen-bond donors (Lipinski definition) is 1. The number of carbonyl (C=O) groups is 2. The topological polar surface area (TPSA) is 72.6 Å². The Morgan fingerprint density at radius 2 is 2.00 bits per heavy atom. The van der Waals surface area contributed by atoms with Gasteiger partial charge in [0.1, 0.15) is 0 Å². The van der Waals surface area contributed by atoms with Crippen LogP contribution in [0.1, 0.15) is 27.2 Å². The standard InChI is InChI=1S/C8H14N2O3/c1-8(2,3)13-10-6(11)4-5(9)7(10)12/h5H,4,9H2,1-3H3/t5-/m0/s1. The normalized spacial score (nSPS) is 24.3. The van der Waals surface area contributed by atoms with Crippen molar-refractivity contribution in [3.63, 3.8) is 0 Å². The van der Waals surface area contributed by atoms with Gasteiger partial charge < -0.3 is 5.73 Å². The monoisotopic (exact) mass is 186 g/mol. The smallest absolute Gasteiger partial charge is 0.270 e. The van der Waals surface area contributed by atoms with Crippen molar-refractivity contribution in [1.29, 1.82) is 0 Å². The largest absolute Gasteiger partial charge is 0.319 e. The van der Waals surface area contributed by atoms with E-state index >= 15 is 0 Å². The first-order chi connectivity index (χ1) is 5.81. The fourth-order valence-electron chi connectivity index (χ4n) is 1.00. The lowest BCUT2D eigenvalue weighted by atomic mass is 10.2. The van der Waals surface area contributed by atoms with Gasteiger partial charge >= 0.3 is 0 Å². The quantitative estimate of drug-likeness (QED) is 0.576. The molecule has 1 aliphatic heterocycles. The average Bonchev–Trinajstić information content (AvgIpc) is 2.14. The van der Waals surface area contributed by atoms with Crippen molar-refractivity contribution in [3.05, 3.63) is 0 Å². The molecule has 0 unspecified atom stereocenters. The highest BCUT2D eigenvalue weighted by Crippen LogP contribution is 2.17. The zero-order chi connectivity index (χ0) is 10.2. The minimum atomic E-state index is -0.741. The van der Waals surface area contributed by atoms with Crippen molar-refractivity contribution >= 4 is 11.8 Å². The van der Waals surface area contributed by atoms with Gasteiger partial charge in [0, 0.05) is 0 Å². The molecule has 1 saturated heterocycles. The second-order valence-corrected chi connectivity index (χ2v) is 4.04.